The van der Waals surface area contributed by atoms with Crippen LogP contribution in [0.15, 0.2) is 22.8 Å². The molecular formula is C11H11N3O3. The Morgan fingerprint density at radius 2 is 2.41 bits per heavy atom. The van der Waals surface area contributed by atoms with Crippen LogP contribution in [-0.4, -0.2) is 25.8 Å². The van der Waals surface area contributed by atoms with Crippen molar-refractivity contribution in [3.05, 3.63) is 24.2 Å². The van der Waals surface area contributed by atoms with Crippen LogP contribution in [0, 0.1) is 0 Å². The minimum absolute atomic E-state index is 0.523. The monoisotopic (exact) mass is 233 g/mol. The average molecular weight is 233 g/mol. The third kappa shape index (κ3) is 1.52. The number of rotatable bonds is 2. The Morgan fingerprint density at radius 1 is 1.53 bits per heavy atom. The lowest BCUT2D eigenvalue weighted by Crippen LogP contribution is -2.22. The number of fused-ring (bicyclic) bond motifs is 1. The van der Waals surface area contributed by atoms with Gasteiger partial charge in [-0.15, -0.1) is 10.2 Å². The van der Waals surface area contributed by atoms with Crippen LogP contribution in [0.2, 0.25) is 0 Å². The third-order valence-corrected chi connectivity index (χ3v) is 3.01. The number of aliphatic carboxylic acids is 1. The fourth-order valence-electron chi connectivity index (χ4n) is 2.20. The first-order valence-electron chi connectivity index (χ1n) is 5.47. The number of hydrogen-bond acceptors (Lipinski definition) is 4. The zero-order valence-electron chi connectivity index (χ0n) is 9.04. The van der Waals surface area contributed by atoms with Crippen molar-refractivity contribution in [1.29, 1.82) is 0 Å². The summed E-state index contributed by atoms with van der Waals surface area (Å²) in [5.74, 6) is 0.352. The lowest BCUT2D eigenvalue weighted by atomic mass is 9.99. The molecule has 1 aliphatic heterocycles. The van der Waals surface area contributed by atoms with Gasteiger partial charge in [0.25, 0.3) is 0 Å². The predicted octanol–water partition coefficient (Wildman–Crippen LogP) is 1.50. The van der Waals surface area contributed by atoms with Crippen LogP contribution in [0.4, 0.5) is 0 Å². The molecule has 0 amide bonds. The molecule has 88 valence electrons. The molecule has 0 aromatic carbocycles. The first-order chi connectivity index (χ1) is 8.27. The van der Waals surface area contributed by atoms with Crippen molar-refractivity contribution in [2.75, 3.05) is 0 Å². The number of carbonyl (C=O) groups is 1. The van der Waals surface area contributed by atoms with Crippen molar-refractivity contribution in [3.63, 3.8) is 0 Å². The van der Waals surface area contributed by atoms with E-state index in [4.69, 9.17) is 9.52 Å². The molecule has 0 fully saturated rings. The molecule has 2 aromatic heterocycles. The summed E-state index contributed by atoms with van der Waals surface area (Å²) in [5.41, 5.74) is 0. The number of carboxylic acid groups (broad SMARTS) is 1. The van der Waals surface area contributed by atoms with Crippen LogP contribution in [0.25, 0.3) is 11.6 Å². The van der Waals surface area contributed by atoms with Gasteiger partial charge in [-0.05, 0) is 25.0 Å². The summed E-state index contributed by atoms with van der Waals surface area (Å²) in [6.07, 6.45) is 3.00. The maximum Gasteiger partial charge on any atom is 0.314 e. The molecule has 6 nitrogen and oxygen atoms in total. The highest BCUT2D eigenvalue weighted by Gasteiger charge is 2.31. The summed E-state index contributed by atoms with van der Waals surface area (Å²) >= 11 is 0. The molecule has 0 bridgehead atoms. The Kier molecular flexibility index (Phi) is 2.21. The smallest absolute Gasteiger partial charge is 0.314 e. The summed E-state index contributed by atoms with van der Waals surface area (Å²) in [7, 11) is 0. The van der Waals surface area contributed by atoms with Gasteiger partial charge in [-0.1, -0.05) is 0 Å². The number of hydrogen-bond donors (Lipinski definition) is 1. The van der Waals surface area contributed by atoms with E-state index in [-0.39, 0.29) is 0 Å². The van der Waals surface area contributed by atoms with Crippen molar-refractivity contribution < 1.29 is 14.3 Å². The fraction of sp³-hybridized carbons (Fsp3) is 0.364. The second kappa shape index (κ2) is 3.73. The largest absolute Gasteiger partial charge is 0.481 e. The molecule has 2 aromatic rings. The Balaban J connectivity index is 2.08. The molecular weight excluding hydrogens is 222 g/mol. The molecule has 6 heteroatoms. The Labute approximate surface area is 96.9 Å². The minimum Gasteiger partial charge on any atom is -0.481 e. The van der Waals surface area contributed by atoms with Crippen LogP contribution >= 0.6 is 0 Å². The molecule has 1 unspecified atom stereocenters. The van der Waals surface area contributed by atoms with Crippen LogP contribution in [-0.2, 0) is 11.3 Å². The van der Waals surface area contributed by atoms with E-state index in [0.29, 0.717) is 23.8 Å². The zero-order chi connectivity index (χ0) is 11.8. The quantitative estimate of drug-likeness (QED) is 0.850. The highest BCUT2D eigenvalue weighted by atomic mass is 16.4. The van der Waals surface area contributed by atoms with Gasteiger partial charge in [0.15, 0.2) is 11.6 Å². The topological polar surface area (TPSA) is 81.1 Å². The molecule has 0 spiro atoms. The molecule has 1 N–H and O–H groups in total. The van der Waals surface area contributed by atoms with Gasteiger partial charge in [-0.25, -0.2) is 0 Å². The van der Waals surface area contributed by atoms with E-state index >= 15 is 0 Å². The van der Waals surface area contributed by atoms with Crippen LogP contribution < -0.4 is 0 Å². The van der Waals surface area contributed by atoms with Gasteiger partial charge in [0.1, 0.15) is 11.7 Å². The first-order valence-corrected chi connectivity index (χ1v) is 5.47. The standard InChI is InChI=1S/C11H11N3O3/c15-11(16)7-3-1-5-14-9(7)12-13-10(14)8-4-2-6-17-8/h2,4,6-7H,1,3,5H2,(H,15,16). The lowest BCUT2D eigenvalue weighted by molar-refractivity contribution is -0.139. The van der Waals surface area contributed by atoms with Gasteiger partial charge in [0.05, 0.1) is 6.26 Å². The van der Waals surface area contributed by atoms with E-state index in [0.717, 1.165) is 13.0 Å². The van der Waals surface area contributed by atoms with Crippen molar-refractivity contribution >= 4 is 5.97 Å². The summed E-state index contributed by atoms with van der Waals surface area (Å²) < 4.78 is 7.10. The van der Waals surface area contributed by atoms with E-state index in [1.54, 1.807) is 18.4 Å². The van der Waals surface area contributed by atoms with E-state index in [1.807, 2.05) is 4.57 Å². The molecule has 1 aliphatic rings. The van der Waals surface area contributed by atoms with E-state index in [9.17, 15) is 4.79 Å². The summed E-state index contributed by atoms with van der Waals surface area (Å²) in [4.78, 5) is 11.1. The van der Waals surface area contributed by atoms with E-state index < -0.39 is 11.9 Å². The minimum atomic E-state index is -0.843. The molecule has 3 rings (SSSR count). The van der Waals surface area contributed by atoms with E-state index in [1.165, 1.54) is 0 Å². The molecule has 3 heterocycles. The van der Waals surface area contributed by atoms with Gasteiger partial charge in [-0.3, -0.25) is 4.79 Å². The summed E-state index contributed by atoms with van der Waals surface area (Å²) in [6, 6.07) is 3.57. The zero-order valence-corrected chi connectivity index (χ0v) is 9.04. The molecule has 0 aliphatic carbocycles. The first kappa shape index (κ1) is 10.1. The second-order valence-corrected chi connectivity index (χ2v) is 4.04. The second-order valence-electron chi connectivity index (χ2n) is 4.04. The third-order valence-electron chi connectivity index (χ3n) is 3.01. The van der Waals surface area contributed by atoms with E-state index in [2.05, 4.69) is 10.2 Å². The summed E-state index contributed by atoms with van der Waals surface area (Å²) in [5, 5.41) is 17.1. The average Bonchev–Trinajstić information content (AvgIpc) is 2.96. The Bertz CT molecular complexity index is 544. The molecule has 1 atom stereocenters. The summed E-state index contributed by atoms with van der Waals surface area (Å²) in [6.45, 7) is 0.738. The lowest BCUT2D eigenvalue weighted by Gasteiger charge is -2.19. The molecule has 0 radical (unpaired) electrons. The Hall–Kier alpha value is -2.11. The van der Waals surface area contributed by atoms with Crippen molar-refractivity contribution in [1.82, 2.24) is 14.8 Å². The normalized spacial score (nSPS) is 18.9. The SMILES string of the molecule is O=C(O)C1CCCn2c(-c3ccco3)nnc21. The number of nitrogens with zero attached hydrogens (tertiary/aromatic N) is 3. The van der Waals surface area contributed by atoms with Crippen molar-refractivity contribution in [2.24, 2.45) is 0 Å². The van der Waals surface area contributed by atoms with Crippen LogP contribution in [0.3, 0.4) is 0 Å². The molecule has 0 saturated heterocycles. The maximum atomic E-state index is 11.1. The van der Waals surface area contributed by atoms with Gasteiger partial charge in [0, 0.05) is 6.54 Å². The van der Waals surface area contributed by atoms with Gasteiger partial charge in [0.2, 0.25) is 0 Å². The van der Waals surface area contributed by atoms with Gasteiger partial charge >= 0.3 is 5.97 Å². The van der Waals surface area contributed by atoms with Gasteiger partial charge < -0.3 is 14.1 Å². The fourth-order valence-corrected chi connectivity index (χ4v) is 2.20. The molecule has 0 saturated carbocycles. The number of aromatic nitrogens is 3. The maximum absolute atomic E-state index is 11.1. The number of carboxylic acids is 1. The highest BCUT2D eigenvalue weighted by molar-refractivity contribution is 5.75. The van der Waals surface area contributed by atoms with Gasteiger partial charge in [-0.2, -0.15) is 0 Å². The predicted molar refractivity (Wildman–Crippen MR) is 57.3 cm³/mol. The molecule has 17 heavy (non-hydrogen) atoms. The Morgan fingerprint density at radius 3 is 3.12 bits per heavy atom. The van der Waals surface area contributed by atoms with Crippen molar-refractivity contribution in [2.45, 2.75) is 25.3 Å². The van der Waals surface area contributed by atoms with Crippen LogP contribution in [0.5, 0.6) is 0 Å². The van der Waals surface area contributed by atoms with Crippen LogP contribution in [0.1, 0.15) is 24.6 Å². The highest BCUT2D eigenvalue weighted by Crippen LogP contribution is 2.30. The number of furan rings is 1. The van der Waals surface area contributed by atoms with Crippen molar-refractivity contribution in [3.8, 4) is 11.6 Å².